The molecule has 0 bridgehead atoms. The summed E-state index contributed by atoms with van der Waals surface area (Å²) in [5, 5.41) is 0. The van der Waals surface area contributed by atoms with Gasteiger partial charge in [0.1, 0.15) is 18.0 Å². The molecule has 4 rings (SSSR count). The summed E-state index contributed by atoms with van der Waals surface area (Å²) in [5.41, 5.74) is 2.08. The Morgan fingerprint density at radius 2 is 2.00 bits per heavy atom. The van der Waals surface area contributed by atoms with E-state index in [-0.39, 0.29) is 18.2 Å². The second-order valence-electron chi connectivity index (χ2n) is 5.80. The molecule has 2 aromatic heterocycles. The molecule has 0 atom stereocenters. The van der Waals surface area contributed by atoms with Crippen LogP contribution in [0.25, 0.3) is 22.6 Å². The van der Waals surface area contributed by atoms with Crippen LogP contribution in [0.4, 0.5) is 10.2 Å². The lowest BCUT2D eigenvalue weighted by atomic mass is 10.2. The van der Waals surface area contributed by atoms with E-state index in [1.54, 1.807) is 12.4 Å². The molecule has 1 aliphatic rings. The van der Waals surface area contributed by atoms with E-state index in [0.29, 0.717) is 29.1 Å². The van der Waals surface area contributed by atoms with Crippen LogP contribution < -0.4 is 4.90 Å². The number of aromatic nitrogens is 4. The minimum absolute atomic E-state index is 0. The Labute approximate surface area is 151 Å². The maximum Gasteiger partial charge on any atom is 0.166 e. The van der Waals surface area contributed by atoms with Gasteiger partial charge in [0.25, 0.3) is 0 Å². The lowest BCUT2D eigenvalue weighted by Crippen LogP contribution is -2.19. The highest BCUT2D eigenvalue weighted by atomic mass is 35.5. The highest BCUT2D eigenvalue weighted by molar-refractivity contribution is 5.87. The Morgan fingerprint density at radius 3 is 2.72 bits per heavy atom. The van der Waals surface area contributed by atoms with Crippen molar-refractivity contribution in [2.45, 2.75) is 19.4 Å². The van der Waals surface area contributed by atoms with Crippen LogP contribution in [0.5, 0.6) is 0 Å². The summed E-state index contributed by atoms with van der Waals surface area (Å²) in [7, 11) is 0. The van der Waals surface area contributed by atoms with Crippen LogP contribution in [-0.2, 0) is 6.54 Å². The summed E-state index contributed by atoms with van der Waals surface area (Å²) >= 11 is 0. The fraction of sp³-hybridized carbons (Fsp3) is 0.278. The van der Waals surface area contributed by atoms with E-state index in [2.05, 4.69) is 20.8 Å². The van der Waals surface area contributed by atoms with Crippen LogP contribution in [-0.4, -0.2) is 32.6 Å². The van der Waals surface area contributed by atoms with Crippen LogP contribution in [0.1, 0.15) is 12.8 Å². The Balaban J connectivity index is 0.00000182. The monoisotopic (exact) mass is 357 g/mol. The van der Waals surface area contributed by atoms with E-state index in [9.17, 15) is 4.39 Å². The molecule has 0 radical (unpaired) electrons. The lowest BCUT2D eigenvalue weighted by Gasteiger charge is -2.15. The summed E-state index contributed by atoms with van der Waals surface area (Å²) < 4.78 is 15.5. The van der Waals surface area contributed by atoms with Gasteiger partial charge < -0.3 is 4.90 Å². The van der Waals surface area contributed by atoms with Gasteiger partial charge >= 0.3 is 0 Å². The number of fused-ring (bicyclic) bond motifs is 1. The fourth-order valence-electron chi connectivity index (χ4n) is 3.17. The van der Waals surface area contributed by atoms with Crippen molar-refractivity contribution in [3.05, 3.63) is 36.4 Å². The predicted octanol–water partition coefficient (Wildman–Crippen LogP) is 3.29. The van der Waals surface area contributed by atoms with Crippen molar-refractivity contribution >= 4 is 29.4 Å². The quantitative estimate of drug-likeness (QED) is 0.675. The summed E-state index contributed by atoms with van der Waals surface area (Å²) in [6.45, 7) is 2.24. The van der Waals surface area contributed by atoms with Gasteiger partial charge in [-0.3, -0.25) is 4.57 Å². The van der Waals surface area contributed by atoms with E-state index < -0.39 is 0 Å². The molecule has 1 aliphatic heterocycles. The van der Waals surface area contributed by atoms with E-state index in [1.807, 2.05) is 10.6 Å². The topological polar surface area (TPSA) is 46.8 Å². The fourth-order valence-corrected chi connectivity index (χ4v) is 3.17. The van der Waals surface area contributed by atoms with Crippen molar-refractivity contribution in [2.75, 3.05) is 18.0 Å². The molecule has 1 aromatic carbocycles. The van der Waals surface area contributed by atoms with E-state index in [4.69, 9.17) is 11.4 Å². The molecule has 0 saturated carbocycles. The van der Waals surface area contributed by atoms with Crippen molar-refractivity contribution in [1.29, 1.82) is 0 Å². The molecular weight excluding hydrogens is 341 g/mol. The van der Waals surface area contributed by atoms with Gasteiger partial charge in [-0.25, -0.2) is 19.3 Å². The minimum atomic E-state index is -0.308. The number of imidazole rings is 1. The van der Waals surface area contributed by atoms with Crippen LogP contribution in [0, 0.1) is 18.2 Å². The van der Waals surface area contributed by atoms with Gasteiger partial charge in [0.2, 0.25) is 0 Å². The number of hydrogen-bond donors (Lipinski definition) is 0. The van der Waals surface area contributed by atoms with Crippen LogP contribution in [0.2, 0.25) is 0 Å². The molecule has 0 spiro atoms. The van der Waals surface area contributed by atoms with E-state index in [0.717, 1.165) is 31.7 Å². The zero-order valence-electron chi connectivity index (χ0n) is 13.5. The standard InChI is InChI=1S/C18H16FN5.ClH/c1-2-8-24-16(13-6-5-7-14(19)11-13)22-15-17(20-12-21-18(15)24)23-9-3-4-10-23;/h1,5-7,11-12H,3-4,8-10H2;1H. The normalized spacial score (nSPS) is 13.7. The van der Waals surface area contributed by atoms with Gasteiger partial charge in [0.15, 0.2) is 17.0 Å². The predicted molar refractivity (Wildman–Crippen MR) is 98.2 cm³/mol. The largest absolute Gasteiger partial charge is 0.355 e. The highest BCUT2D eigenvalue weighted by Crippen LogP contribution is 2.30. The maximum atomic E-state index is 13.6. The molecule has 3 heterocycles. The molecule has 1 fully saturated rings. The van der Waals surface area contributed by atoms with Gasteiger partial charge in [-0.1, -0.05) is 18.1 Å². The summed E-state index contributed by atoms with van der Waals surface area (Å²) in [6.07, 6.45) is 9.36. The third kappa shape index (κ3) is 3.03. The summed E-state index contributed by atoms with van der Waals surface area (Å²) in [5.74, 6) is 3.76. The number of nitrogens with zero attached hydrogens (tertiary/aromatic N) is 5. The SMILES string of the molecule is C#CCn1c(-c2cccc(F)c2)nc2c(N3CCCC3)ncnc21.Cl. The average Bonchev–Trinajstić information content (AvgIpc) is 3.23. The molecule has 128 valence electrons. The first-order valence-electron chi connectivity index (χ1n) is 7.93. The van der Waals surface area contributed by atoms with Gasteiger partial charge in [0, 0.05) is 18.7 Å². The Bertz CT molecular complexity index is 940. The third-order valence-corrected chi connectivity index (χ3v) is 4.25. The Morgan fingerprint density at radius 1 is 1.20 bits per heavy atom. The first kappa shape index (κ1) is 17.2. The zero-order chi connectivity index (χ0) is 16.5. The molecule has 1 saturated heterocycles. The van der Waals surface area contributed by atoms with Gasteiger partial charge in [0.05, 0.1) is 6.54 Å². The molecule has 5 nitrogen and oxygen atoms in total. The summed E-state index contributed by atoms with van der Waals surface area (Å²) in [6, 6.07) is 6.35. The maximum absolute atomic E-state index is 13.6. The van der Waals surface area contributed by atoms with Gasteiger partial charge in [-0.05, 0) is 25.0 Å². The first-order valence-corrected chi connectivity index (χ1v) is 7.93. The molecule has 25 heavy (non-hydrogen) atoms. The second kappa shape index (κ2) is 7.08. The van der Waals surface area contributed by atoms with Gasteiger partial charge in [-0.15, -0.1) is 18.8 Å². The minimum Gasteiger partial charge on any atom is -0.355 e. The number of terminal acetylenes is 1. The van der Waals surface area contributed by atoms with Crippen LogP contribution in [0.3, 0.4) is 0 Å². The molecule has 7 heteroatoms. The highest BCUT2D eigenvalue weighted by Gasteiger charge is 2.22. The lowest BCUT2D eigenvalue weighted by molar-refractivity contribution is 0.628. The molecule has 0 aliphatic carbocycles. The van der Waals surface area contributed by atoms with Crippen molar-refractivity contribution in [3.63, 3.8) is 0 Å². The number of hydrogen-bond acceptors (Lipinski definition) is 4. The second-order valence-corrected chi connectivity index (χ2v) is 5.80. The molecule has 0 amide bonds. The Kier molecular flexibility index (Phi) is 4.86. The smallest absolute Gasteiger partial charge is 0.166 e. The Hall–Kier alpha value is -2.65. The van der Waals surface area contributed by atoms with Crippen molar-refractivity contribution in [1.82, 2.24) is 19.5 Å². The number of halogens is 2. The number of rotatable bonds is 3. The average molecular weight is 358 g/mol. The summed E-state index contributed by atoms with van der Waals surface area (Å²) in [4.78, 5) is 15.7. The first-order chi connectivity index (χ1) is 11.8. The molecular formula is C18H17ClFN5. The number of benzene rings is 1. The van der Waals surface area contributed by atoms with Crippen LogP contribution in [0.15, 0.2) is 30.6 Å². The van der Waals surface area contributed by atoms with E-state index >= 15 is 0 Å². The molecule has 0 N–H and O–H groups in total. The van der Waals surface area contributed by atoms with Crippen molar-refractivity contribution < 1.29 is 4.39 Å². The van der Waals surface area contributed by atoms with Crippen LogP contribution >= 0.6 is 12.4 Å². The van der Waals surface area contributed by atoms with Crippen molar-refractivity contribution in [2.24, 2.45) is 0 Å². The molecule has 0 unspecified atom stereocenters. The third-order valence-electron chi connectivity index (χ3n) is 4.25. The van der Waals surface area contributed by atoms with Gasteiger partial charge in [-0.2, -0.15) is 0 Å². The molecule has 3 aromatic rings. The number of anilines is 1. The van der Waals surface area contributed by atoms with Crippen molar-refractivity contribution in [3.8, 4) is 23.7 Å². The van der Waals surface area contributed by atoms with E-state index in [1.165, 1.54) is 12.1 Å². The zero-order valence-corrected chi connectivity index (χ0v) is 14.3.